The number of aromatic amines is 1. The number of fused-ring (bicyclic) bond motifs is 1. The van der Waals surface area contributed by atoms with Crippen molar-refractivity contribution in [3.63, 3.8) is 0 Å². The molecule has 0 atom stereocenters. The lowest BCUT2D eigenvalue weighted by molar-refractivity contribution is 0.152. The monoisotopic (exact) mass is 403 g/mol. The van der Waals surface area contributed by atoms with E-state index in [9.17, 15) is 9.90 Å². The molecule has 8 nitrogen and oxygen atoms in total. The fraction of sp³-hybridized carbons (Fsp3) is 0.227. The predicted molar refractivity (Wildman–Crippen MR) is 114 cm³/mol. The van der Waals surface area contributed by atoms with Gasteiger partial charge in [-0.2, -0.15) is 0 Å². The van der Waals surface area contributed by atoms with Crippen molar-refractivity contribution >= 4 is 16.7 Å². The molecule has 3 heterocycles. The number of rotatable bonds is 3. The van der Waals surface area contributed by atoms with Crippen LogP contribution in [0.25, 0.3) is 27.8 Å². The van der Waals surface area contributed by atoms with Crippen LogP contribution < -0.4 is 10.3 Å². The number of anilines is 1. The first-order chi connectivity index (χ1) is 14.7. The van der Waals surface area contributed by atoms with Gasteiger partial charge in [0, 0.05) is 42.8 Å². The van der Waals surface area contributed by atoms with Crippen LogP contribution in [0.2, 0.25) is 0 Å². The zero-order valence-corrected chi connectivity index (χ0v) is 16.3. The van der Waals surface area contributed by atoms with Crippen LogP contribution in [0.1, 0.15) is 6.42 Å². The van der Waals surface area contributed by atoms with Crippen LogP contribution in [0.5, 0.6) is 5.75 Å². The first kappa shape index (κ1) is 18.4. The molecule has 0 radical (unpaired) electrons. The fourth-order valence-corrected chi connectivity index (χ4v) is 3.78. The maximum atomic E-state index is 12.8. The van der Waals surface area contributed by atoms with E-state index < -0.39 is 0 Å². The molecule has 2 N–H and O–H groups in total. The summed E-state index contributed by atoms with van der Waals surface area (Å²) in [6, 6.07) is 14.0. The number of phenolic OH excluding ortho intramolecular Hbond substituents is 1. The third-order valence-corrected chi connectivity index (χ3v) is 5.28. The Balaban J connectivity index is 1.60. The highest BCUT2D eigenvalue weighted by Crippen LogP contribution is 2.27. The number of hydrogen-bond donors (Lipinski definition) is 2. The van der Waals surface area contributed by atoms with Crippen LogP contribution in [0.3, 0.4) is 0 Å². The van der Waals surface area contributed by atoms with E-state index in [4.69, 9.17) is 4.74 Å². The Labute approximate surface area is 172 Å². The Kier molecular flexibility index (Phi) is 4.68. The van der Waals surface area contributed by atoms with Crippen molar-refractivity contribution in [2.24, 2.45) is 0 Å². The highest BCUT2D eigenvalue weighted by atomic mass is 16.5. The van der Waals surface area contributed by atoms with Gasteiger partial charge in [-0.3, -0.25) is 4.79 Å². The molecule has 0 amide bonds. The smallest absolute Gasteiger partial charge is 0.191 e. The largest absolute Gasteiger partial charge is 0.508 e. The van der Waals surface area contributed by atoms with Gasteiger partial charge in [-0.1, -0.05) is 23.4 Å². The standard InChI is InChI=1S/C22H21N5O3/c28-16-5-1-4-15(12-16)27-14-19(24-25-27)17-6-2-7-18-20(29)13-21(23-22(17)18)26-8-3-10-30-11-9-26/h1-2,4-7,12-14,28H,3,8-11H2,(H,23,29). The third-order valence-electron chi connectivity index (χ3n) is 5.28. The number of pyridine rings is 1. The number of phenols is 1. The summed E-state index contributed by atoms with van der Waals surface area (Å²) >= 11 is 0. The van der Waals surface area contributed by atoms with Gasteiger partial charge >= 0.3 is 0 Å². The highest BCUT2D eigenvalue weighted by Gasteiger charge is 2.16. The van der Waals surface area contributed by atoms with Gasteiger partial charge in [0.25, 0.3) is 0 Å². The number of para-hydroxylation sites is 1. The number of aromatic nitrogens is 4. The van der Waals surface area contributed by atoms with Gasteiger partial charge in [-0.15, -0.1) is 5.10 Å². The molecule has 5 rings (SSSR count). The van der Waals surface area contributed by atoms with Gasteiger partial charge in [0.2, 0.25) is 0 Å². The maximum Gasteiger partial charge on any atom is 0.191 e. The van der Waals surface area contributed by atoms with Gasteiger partial charge in [0.15, 0.2) is 5.43 Å². The van der Waals surface area contributed by atoms with E-state index in [-0.39, 0.29) is 11.2 Å². The molecule has 0 bridgehead atoms. The Morgan fingerprint density at radius 1 is 1.07 bits per heavy atom. The zero-order valence-electron chi connectivity index (χ0n) is 16.3. The summed E-state index contributed by atoms with van der Waals surface area (Å²) in [5.74, 6) is 0.941. The van der Waals surface area contributed by atoms with E-state index in [0.29, 0.717) is 23.4 Å². The SMILES string of the molecule is O=c1cc(N2CCCOCC2)[nH]c2c(-c3cn(-c4cccc(O)c4)nn3)cccc12. The summed E-state index contributed by atoms with van der Waals surface area (Å²) in [4.78, 5) is 18.4. The minimum absolute atomic E-state index is 0.0360. The van der Waals surface area contributed by atoms with Crippen molar-refractivity contribution in [1.29, 1.82) is 0 Å². The Hall–Kier alpha value is -3.65. The first-order valence-electron chi connectivity index (χ1n) is 9.90. The topological polar surface area (TPSA) is 96.3 Å². The summed E-state index contributed by atoms with van der Waals surface area (Å²) in [7, 11) is 0. The molecule has 0 spiro atoms. The van der Waals surface area contributed by atoms with Crippen LogP contribution in [-0.4, -0.2) is 51.4 Å². The molecule has 30 heavy (non-hydrogen) atoms. The number of benzene rings is 2. The molecule has 0 unspecified atom stereocenters. The third kappa shape index (κ3) is 3.42. The Morgan fingerprint density at radius 3 is 2.87 bits per heavy atom. The maximum absolute atomic E-state index is 12.8. The van der Waals surface area contributed by atoms with Crippen molar-refractivity contribution in [3.8, 4) is 22.7 Å². The van der Waals surface area contributed by atoms with E-state index in [1.807, 2.05) is 24.3 Å². The van der Waals surface area contributed by atoms with Gasteiger partial charge in [-0.25, -0.2) is 4.68 Å². The van der Waals surface area contributed by atoms with E-state index >= 15 is 0 Å². The molecule has 1 aliphatic rings. The van der Waals surface area contributed by atoms with Crippen LogP contribution in [0, 0.1) is 0 Å². The van der Waals surface area contributed by atoms with Crippen molar-refractivity contribution in [3.05, 3.63) is 65.0 Å². The molecular weight excluding hydrogens is 382 g/mol. The van der Waals surface area contributed by atoms with Crippen molar-refractivity contribution in [2.75, 3.05) is 31.2 Å². The van der Waals surface area contributed by atoms with Gasteiger partial charge in [0.1, 0.15) is 17.3 Å². The Bertz CT molecular complexity index is 1260. The fourth-order valence-electron chi connectivity index (χ4n) is 3.78. The second kappa shape index (κ2) is 7.64. The molecule has 2 aromatic heterocycles. The summed E-state index contributed by atoms with van der Waals surface area (Å²) < 4.78 is 7.14. The van der Waals surface area contributed by atoms with Crippen molar-refractivity contribution in [2.45, 2.75) is 6.42 Å². The van der Waals surface area contributed by atoms with Gasteiger partial charge in [0.05, 0.1) is 24.0 Å². The van der Waals surface area contributed by atoms with E-state index in [1.165, 1.54) is 0 Å². The summed E-state index contributed by atoms with van der Waals surface area (Å²) in [6.45, 7) is 2.94. The molecule has 2 aromatic carbocycles. The number of ether oxygens (including phenoxy) is 1. The lowest BCUT2D eigenvalue weighted by Crippen LogP contribution is -2.28. The summed E-state index contributed by atoms with van der Waals surface area (Å²) in [6.07, 6.45) is 2.70. The van der Waals surface area contributed by atoms with Crippen LogP contribution in [-0.2, 0) is 4.74 Å². The van der Waals surface area contributed by atoms with E-state index in [2.05, 4.69) is 20.2 Å². The van der Waals surface area contributed by atoms with Crippen LogP contribution >= 0.6 is 0 Å². The number of hydrogen-bond acceptors (Lipinski definition) is 6. The summed E-state index contributed by atoms with van der Waals surface area (Å²) in [5.41, 5.74) is 2.83. The predicted octanol–water partition coefficient (Wildman–Crippen LogP) is 2.71. The molecule has 152 valence electrons. The lowest BCUT2D eigenvalue weighted by Gasteiger charge is -2.22. The molecule has 1 fully saturated rings. The minimum atomic E-state index is -0.0360. The van der Waals surface area contributed by atoms with Crippen molar-refractivity contribution < 1.29 is 9.84 Å². The minimum Gasteiger partial charge on any atom is -0.508 e. The second-order valence-electron chi connectivity index (χ2n) is 7.27. The lowest BCUT2D eigenvalue weighted by atomic mass is 10.1. The molecule has 4 aromatic rings. The van der Waals surface area contributed by atoms with Crippen molar-refractivity contribution in [1.82, 2.24) is 20.0 Å². The van der Waals surface area contributed by atoms with Crippen LogP contribution in [0.4, 0.5) is 5.82 Å². The van der Waals surface area contributed by atoms with E-state index in [0.717, 1.165) is 43.0 Å². The quantitative estimate of drug-likeness (QED) is 0.546. The van der Waals surface area contributed by atoms with E-state index in [1.54, 1.807) is 35.1 Å². The molecule has 1 saturated heterocycles. The number of nitrogens with zero attached hydrogens (tertiary/aromatic N) is 4. The second-order valence-corrected chi connectivity index (χ2v) is 7.27. The summed E-state index contributed by atoms with van der Waals surface area (Å²) in [5, 5.41) is 18.8. The number of aromatic hydroxyl groups is 1. The number of H-pyrrole nitrogens is 1. The zero-order chi connectivity index (χ0) is 20.5. The molecule has 8 heteroatoms. The normalized spacial score (nSPS) is 14.7. The van der Waals surface area contributed by atoms with Gasteiger partial charge < -0.3 is 19.7 Å². The Morgan fingerprint density at radius 2 is 1.97 bits per heavy atom. The molecule has 0 aliphatic carbocycles. The average molecular weight is 403 g/mol. The highest BCUT2D eigenvalue weighted by molar-refractivity contribution is 5.93. The molecule has 0 saturated carbocycles. The van der Waals surface area contributed by atoms with Crippen LogP contribution in [0.15, 0.2) is 59.5 Å². The van der Waals surface area contributed by atoms with Gasteiger partial charge in [-0.05, 0) is 24.6 Å². The first-order valence-corrected chi connectivity index (χ1v) is 9.90. The molecule has 1 aliphatic heterocycles. The average Bonchev–Trinajstić information content (AvgIpc) is 3.08. The molecular formula is C22H21N5O3. The number of nitrogens with one attached hydrogen (secondary N) is 1.